The van der Waals surface area contributed by atoms with Gasteiger partial charge in [-0.1, -0.05) is 38.5 Å². The molecule has 1 heterocycles. The Hall–Kier alpha value is -1.57. The Morgan fingerprint density at radius 3 is 2.88 bits per heavy atom. The maximum atomic E-state index is 12.2. The molecular weight excluding hydrogens is 198 g/mol. The van der Waals surface area contributed by atoms with Gasteiger partial charge in [0.25, 0.3) is 0 Å². The highest BCUT2D eigenvalue weighted by atomic mass is 16.1. The first-order valence-electron chi connectivity index (χ1n) is 5.84. The van der Waals surface area contributed by atoms with Crippen molar-refractivity contribution in [2.45, 2.75) is 26.7 Å². The molecule has 0 fully saturated rings. The molecule has 0 aliphatic carbocycles. The SMILES string of the molecule is CCCC(C)C(=O)c1c[nH]c2ccccc12. The highest BCUT2D eigenvalue weighted by Gasteiger charge is 2.17. The Kier molecular flexibility index (Phi) is 3.09. The van der Waals surface area contributed by atoms with Gasteiger partial charge in [-0.3, -0.25) is 4.79 Å². The number of Topliss-reactive ketones (excluding diaryl/α,β-unsaturated/α-hetero) is 1. The van der Waals surface area contributed by atoms with Gasteiger partial charge in [0.2, 0.25) is 0 Å². The average molecular weight is 215 g/mol. The molecule has 84 valence electrons. The van der Waals surface area contributed by atoms with Crippen molar-refractivity contribution in [3.05, 3.63) is 36.0 Å². The van der Waals surface area contributed by atoms with E-state index in [-0.39, 0.29) is 11.7 Å². The summed E-state index contributed by atoms with van der Waals surface area (Å²) < 4.78 is 0. The standard InChI is InChI=1S/C14H17NO/c1-3-6-10(2)14(16)12-9-15-13-8-5-4-7-11(12)13/h4-5,7-10,15H,3,6H2,1-2H3. The van der Waals surface area contributed by atoms with Crippen molar-refractivity contribution in [3.8, 4) is 0 Å². The Bertz CT molecular complexity index is 498. The first-order chi connectivity index (χ1) is 7.74. The van der Waals surface area contributed by atoms with Crippen molar-refractivity contribution in [2.75, 3.05) is 0 Å². The maximum Gasteiger partial charge on any atom is 0.167 e. The quantitative estimate of drug-likeness (QED) is 0.773. The maximum absolute atomic E-state index is 12.2. The van der Waals surface area contributed by atoms with Crippen molar-refractivity contribution < 1.29 is 4.79 Å². The van der Waals surface area contributed by atoms with Crippen LogP contribution in [0.5, 0.6) is 0 Å². The van der Waals surface area contributed by atoms with E-state index in [1.54, 1.807) is 0 Å². The summed E-state index contributed by atoms with van der Waals surface area (Å²) >= 11 is 0. The molecule has 0 aliphatic heterocycles. The van der Waals surface area contributed by atoms with Crippen LogP contribution < -0.4 is 0 Å². The highest BCUT2D eigenvalue weighted by Crippen LogP contribution is 2.22. The zero-order valence-electron chi connectivity index (χ0n) is 9.79. The molecule has 2 rings (SSSR count). The molecule has 2 aromatic rings. The van der Waals surface area contributed by atoms with Crippen molar-refractivity contribution in [1.82, 2.24) is 4.98 Å². The average Bonchev–Trinajstić information content (AvgIpc) is 2.72. The number of H-pyrrole nitrogens is 1. The first kappa shape index (κ1) is 10.9. The molecule has 2 heteroatoms. The minimum atomic E-state index is 0.115. The van der Waals surface area contributed by atoms with E-state index in [0.717, 1.165) is 29.3 Å². The molecule has 0 bridgehead atoms. The number of aromatic amines is 1. The van der Waals surface area contributed by atoms with Crippen LogP contribution in [0.1, 0.15) is 37.0 Å². The summed E-state index contributed by atoms with van der Waals surface area (Å²) in [4.78, 5) is 15.3. The molecule has 0 saturated carbocycles. The summed E-state index contributed by atoms with van der Waals surface area (Å²) in [6, 6.07) is 7.94. The summed E-state index contributed by atoms with van der Waals surface area (Å²) in [6.45, 7) is 4.12. The number of benzene rings is 1. The van der Waals surface area contributed by atoms with Crippen molar-refractivity contribution in [2.24, 2.45) is 5.92 Å². The normalized spacial score (nSPS) is 12.9. The Labute approximate surface area is 95.7 Å². The van der Waals surface area contributed by atoms with Crippen LogP contribution in [0, 0.1) is 5.92 Å². The van der Waals surface area contributed by atoms with Gasteiger partial charge in [-0.2, -0.15) is 0 Å². The topological polar surface area (TPSA) is 32.9 Å². The lowest BCUT2D eigenvalue weighted by Crippen LogP contribution is -2.10. The Morgan fingerprint density at radius 1 is 1.38 bits per heavy atom. The van der Waals surface area contributed by atoms with E-state index in [9.17, 15) is 4.79 Å². The van der Waals surface area contributed by atoms with Crippen molar-refractivity contribution in [1.29, 1.82) is 0 Å². The molecule has 0 amide bonds. The van der Waals surface area contributed by atoms with E-state index >= 15 is 0 Å². The van der Waals surface area contributed by atoms with Crippen LogP contribution in [0.15, 0.2) is 30.5 Å². The van der Waals surface area contributed by atoms with Crippen LogP contribution in [-0.4, -0.2) is 10.8 Å². The predicted octanol–water partition coefficient (Wildman–Crippen LogP) is 3.79. The molecule has 1 aromatic heterocycles. The Morgan fingerprint density at radius 2 is 2.12 bits per heavy atom. The Balaban J connectivity index is 2.36. The number of carbonyl (C=O) groups excluding carboxylic acids is 1. The molecular formula is C14H17NO. The molecule has 0 radical (unpaired) electrons. The number of hydrogen-bond donors (Lipinski definition) is 1. The molecule has 2 nitrogen and oxygen atoms in total. The highest BCUT2D eigenvalue weighted by molar-refractivity contribution is 6.08. The van der Waals surface area contributed by atoms with Gasteiger partial charge in [-0.25, -0.2) is 0 Å². The molecule has 16 heavy (non-hydrogen) atoms. The zero-order valence-corrected chi connectivity index (χ0v) is 9.79. The van der Waals surface area contributed by atoms with Crippen LogP contribution in [0.2, 0.25) is 0 Å². The molecule has 1 atom stereocenters. The number of aromatic nitrogens is 1. The van der Waals surface area contributed by atoms with Gasteiger partial charge in [-0.05, 0) is 12.5 Å². The van der Waals surface area contributed by atoms with Crippen LogP contribution >= 0.6 is 0 Å². The smallest absolute Gasteiger partial charge is 0.167 e. The fourth-order valence-corrected chi connectivity index (χ4v) is 2.10. The predicted molar refractivity (Wildman–Crippen MR) is 66.7 cm³/mol. The van der Waals surface area contributed by atoms with Gasteiger partial charge in [0.05, 0.1) is 0 Å². The van der Waals surface area contributed by atoms with Gasteiger partial charge in [0.1, 0.15) is 0 Å². The third-order valence-corrected chi connectivity index (χ3v) is 3.02. The van der Waals surface area contributed by atoms with Crippen molar-refractivity contribution >= 4 is 16.7 Å². The summed E-state index contributed by atoms with van der Waals surface area (Å²) in [5.41, 5.74) is 1.87. The van der Waals surface area contributed by atoms with E-state index in [2.05, 4.69) is 11.9 Å². The van der Waals surface area contributed by atoms with E-state index < -0.39 is 0 Å². The van der Waals surface area contributed by atoms with Crippen LogP contribution in [0.4, 0.5) is 0 Å². The lowest BCUT2D eigenvalue weighted by molar-refractivity contribution is 0.0925. The van der Waals surface area contributed by atoms with Crippen LogP contribution in [-0.2, 0) is 0 Å². The molecule has 1 unspecified atom stereocenters. The number of carbonyl (C=O) groups is 1. The minimum Gasteiger partial charge on any atom is -0.360 e. The third-order valence-electron chi connectivity index (χ3n) is 3.02. The largest absolute Gasteiger partial charge is 0.360 e. The zero-order chi connectivity index (χ0) is 11.5. The summed E-state index contributed by atoms with van der Waals surface area (Å²) in [7, 11) is 0. The van der Waals surface area contributed by atoms with Gasteiger partial charge >= 0.3 is 0 Å². The molecule has 0 aliphatic rings. The number of ketones is 1. The lowest BCUT2D eigenvalue weighted by atomic mass is 9.95. The summed E-state index contributed by atoms with van der Waals surface area (Å²) in [6.07, 6.45) is 3.84. The van der Waals surface area contributed by atoms with Crippen molar-refractivity contribution in [3.63, 3.8) is 0 Å². The third kappa shape index (κ3) is 1.87. The summed E-state index contributed by atoms with van der Waals surface area (Å²) in [5, 5.41) is 1.04. The number of fused-ring (bicyclic) bond motifs is 1. The summed E-state index contributed by atoms with van der Waals surface area (Å²) in [5.74, 6) is 0.364. The molecule has 0 saturated heterocycles. The lowest BCUT2D eigenvalue weighted by Gasteiger charge is -2.07. The number of para-hydroxylation sites is 1. The van der Waals surface area contributed by atoms with Crippen LogP contribution in [0.25, 0.3) is 10.9 Å². The fraction of sp³-hybridized carbons (Fsp3) is 0.357. The number of rotatable bonds is 4. The monoisotopic (exact) mass is 215 g/mol. The van der Waals surface area contributed by atoms with E-state index in [1.165, 1.54) is 0 Å². The molecule has 1 aromatic carbocycles. The van der Waals surface area contributed by atoms with Gasteiger partial charge in [0.15, 0.2) is 5.78 Å². The second-order valence-corrected chi connectivity index (χ2v) is 4.30. The molecule has 0 spiro atoms. The van der Waals surface area contributed by atoms with Gasteiger partial charge in [-0.15, -0.1) is 0 Å². The fourth-order valence-electron chi connectivity index (χ4n) is 2.10. The molecule has 1 N–H and O–H groups in total. The van der Waals surface area contributed by atoms with E-state index in [0.29, 0.717) is 0 Å². The van der Waals surface area contributed by atoms with E-state index in [4.69, 9.17) is 0 Å². The second-order valence-electron chi connectivity index (χ2n) is 4.30. The van der Waals surface area contributed by atoms with Gasteiger partial charge < -0.3 is 4.98 Å². The second kappa shape index (κ2) is 4.52. The van der Waals surface area contributed by atoms with E-state index in [1.807, 2.05) is 37.4 Å². The number of nitrogens with one attached hydrogen (secondary N) is 1. The first-order valence-corrected chi connectivity index (χ1v) is 5.84. The number of hydrogen-bond acceptors (Lipinski definition) is 1. The minimum absolute atomic E-state index is 0.115. The van der Waals surface area contributed by atoms with Gasteiger partial charge in [0, 0.05) is 28.6 Å². The van der Waals surface area contributed by atoms with Crippen LogP contribution in [0.3, 0.4) is 0 Å².